The van der Waals surface area contributed by atoms with Crippen LogP contribution in [0, 0.1) is 19.7 Å². The van der Waals surface area contributed by atoms with Gasteiger partial charge in [-0.25, -0.2) is 4.39 Å². The molecule has 0 radical (unpaired) electrons. The Balaban J connectivity index is 1.84. The maximum atomic E-state index is 13.6. The van der Waals surface area contributed by atoms with Crippen molar-refractivity contribution >= 4 is 11.6 Å². The first kappa shape index (κ1) is 20.8. The highest BCUT2D eigenvalue weighted by Gasteiger charge is 2.63. The Kier molecular flexibility index (Phi) is 5.36. The lowest BCUT2D eigenvalue weighted by atomic mass is 10.0. The van der Waals surface area contributed by atoms with Crippen LogP contribution in [0.25, 0.3) is 0 Å². The summed E-state index contributed by atoms with van der Waals surface area (Å²) in [6.07, 6.45) is -6.13. The van der Waals surface area contributed by atoms with Crippen molar-refractivity contribution in [2.75, 3.05) is 6.61 Å². The van der Waals surface area contributed by atoms with E-state index in [4.69, 9.17) is 4.74 Å². The van der Waals surface area contributed by atoms with Gasteiger partial charge in [-0.3, -0.25) is 4.79 Å². The van der Waals surface area contributed by atoms with E-state index in [9.17, 15) is 27.5 Å². The monoisotopic (exact) mass is 410 g/mol. The average Bonchev–Trinajstić information content (AvgIpc) is 3.02. The van der Waals surface area contributed by atoms with Crippen LogP contribution in [0.2, 0.25) is 0 Å². The number of benzene rings is 2. The van der Waals surface area contributed by atoms with Crippen LogP contribution in [0.5, 0.6) is 5.75 Å². The van der Waals surface area contributed by atoms with Crippen LogP contribution in [-0.2, 0) is 4.79 Å². The molecule has 154 valence electrons. The van der Waals surface area contributed by atoms with Gasteiger partial charge in [-0.15, -0.1) is 0 Å². The van der Waals surface area contributed by atoms with Crippen LogP contribution in [0.4, 0.5) is 17.6 Å². The average molecular weight is 410 g/mol. The molecular formula is C20H18F4N2O3. The van der Waals surface area contributed by atoms with E-state index < -0.39 is 36.7 Å². The van der Waals surface area contributed by atoms with E-state index in [-0.39, 0.29) is 16.3 Å². The molecule has 0 unspecified atom stereocenters. The minimum Gasteiger partial charge on any atom is -0.484 e. The standard InChI is InChI=1S/C20H18F4N2O3/c1-12-3-8-16(9-13(12)2)29-11-18(27)26-19(28,20(22,23)24)10-17(25-26)14-4-6-15(21)7-5-14/h3-9,28H,10-11H2,1-2H3/t19-/m0/s1. The summed E-state index contributed by atoms with van der Waals surface area (Å²) in [4.78, 5) is 12.4. The van der Waals surface area contributed by atoms with Gasteiger partial charge in [-0.2, -0.15) is 23.3 Å². The predicted octanol–water partition coefficient (Wildman–Crippen LogP) is 3.71. The minimum absolute atomic E-state index is 0.00720. The number of carbonyl (C=O) groups excluding carboxylic acids is 1. The summed E-state index contributed by atoms with van der Waals surface area (Å²) < 4.78 is 59.0. The Morgan fingerprint density at radius 2 is 1.83 bits per heavy atom. The molecule has 0 saturated carbocycles. The van der Waals surface area contributed by atoms with E-state index in [1.165, 1.54) is 12.1 Å². The number of nitrogens with zero attached hydrogens (tertiary/aromatic N) is 2. The van der Waals surface area contributed by atoms with Crippen molar-refractivity contribution in [1.29, 1.82) is 0 Å². The van der Waals surface area contributed by atoms with Gasteiger partial charge in [0.2, 0.25) is 0 Å². The quantitative estimate of drug-likeness (QED) is 0.782. The molecule has 1 heterocycles. The van der Waals surface area contributed by atoms with E-state index in [0.29, 0.717) is 5.75 Å². The Hall–Kier alpha value is -2.94. The smallest absolute Gasteiger partial charge is 0.438 e. The van der Waals surface area contributed by atoms with Gasteiger partial charge < -0.3 is 9.84 Å². The van der Waals surface area contributed by atoms with Gasteiger partial charge in [0.1, 0.15) is 11.6 Å². The Morgan fingerprint density at radius 1 is 1.17 bits per heavy atom. The number of aryl methyl sites for hydroxylation is 2. The number of carbonyl (C=O) groups is 1. The van der Waals surface area contributed by atoms with Crippen LogP contribution in [0.1, 0.15) is 23.1 Å². The van der Waals surface area contributed by atoms with Crippen molar-refractivity contribution in [3.05, 3.63) is 65.0 Å². The molecule has 1 aliphatic heterocycles. The summed E-state index contributed by atoms with van der Waals surface area (Å²) in [5, 5.41) is 13.9. The fourth-order valence-corrected chi connectivity index (χ4v) is 2.84. The summed E-state index contributed by atoms with van der Waals surface area (Å²) in [5.74, 6) is -1.44. The zero-order valence-corrected chi connectivity index (χ0v) is 15.6. The first-order chi connectivity index (χ1) is 13.5. The maximum absolute atomic E-state index is 13.6. The fourth-order valence-electron chi connectivity index (χ4n) is 2.84. The van der Waals surface area contributed by atoms with Gasteiger partial charge in [0.25, 0.3) is 11.6 Å². The van der Waals surface area contributed by atoms with Crippen LogP contribution < -0.4 is 4.74 Å². The molecule has 0 saturated heterocycles. The van der Waals surface area contributed by atoms with Gasteiger partial charge in [-0.05, 0) is 54.8 Å². The van der Waals surface area contributed by atoms with Crippen molar-refractivity contribution in [2.45, 2.75) is 32.2 Å². The molecule has 1 N–H and O–H groups in total. The molecule has 0 aromatic heterocycles. The second-order valence-corrected chi connectivity index (χ2v) is 6.79. The molecule has 29 heavy (non-hydrogen) atoms. The van der Waals surface area contributed by atoms with E-state index >= 15 is 0 Å². The molecule has 5 nitrogen and oxygen atoms in total. The molecular weight excluding hydrogens is 392 g/mol. The second-order valence-electron chi connectivity index (χ2n) is 6.79. The van der Waals surface area contributed by atoms with Gasteiger partial charge in [0.05, 0.1) is 12.1 Å². The zero-order valence-electron chi connectivity index (χ0n) is 15.6. The first-order valence-electron chi connectivity index (χ1n) is 8.67. The molecule has 3 rings (SSSR count). The van der Waals surface area contributed by atoms with Crippen LogP contribution >= 0.6 is 0 Å². The molecule has 2 aromatic carbocycles. The molecule has 1 aliphatic rings. The van der Waals surface area contributed by atoms with Crippen molar-refractivity contribution in [3.63, 3.8) is 0 Å². The summed E-state index contributed by atoms with van der Waals surface area (Å²) in [7, 11) is 0. The summed E-state index contributed by atoms with van der Waals surface area (Å²) in [6, 6.07) is 9.55. The largest absolute Gasteiger partial charge is 0.484 e. The minimum atomic E-state index is -5.16. The summed E-state index contributed by atoms with van der Waals surface area (Å²) in [6.45, 7) is 2.96. The van der Waals surface area contributed by atoms with E-state index in [1.807, 2.05) is 13.8 Å². The lowest BCUT2D eigenvalue weighted by molar-refractivity contribution is -0.302. The van der Waals surface area contributed by atoms with E-state index in [0.717, 1.165) is 23.3 Å². The number of rotatable bonds is 4. The predicted molar refractivity (Wildman–Crippen MR) is 96.8 cm³/mol. The van der Waals surface area contributed by atoms with Gasteiger partial charge in [0, 0.05) is 0 Å². The van der Waals surface area contributed by atoms with Crippen molar-refractivity contribution < 1.29 is 32.2 Å². The number of aliphatic hydroxyl groups is 1. The number of alkyl halides is 3. The second kappa shape index (κ2) is 7.47. The Labute approximate surface area is 164 Å². The molecule has 1 amide bonds. The molecule has 0 bridgehead atoms. The summed E-state index contributed by atoms with van der Waals surface area (Å²) in [5.41, 5.74) is -1.66. The number of halogens is 4. The van der Waals surface area contributed by atoms with E-state index in [1.54, 1.807) is 18.2 Å². The van der Waals surface area contributed by atoms with Gasteiger partial charge >= 0.3 is 6.18 Å². The number of ether oxygens (including phenoxy) is 1. The fraction of sp³-hybridized carbons (Fsp3) is 0.300. The third-order valence-corrected chi connectivity index (χ3v) is 4.69. The number of amides is 1. The van der Waals surface area contributed by atoms with Gasteiger partial charge in [-0.1, -0.05) is 18.2 Å². The maximum Gasteiger partial charge on any atom is 0.438 e. The molecule has 1 atom stereocenters. The first-order valence-corrected chi connectivity index (χ1v) is 8.67. The highest BCUT2D eigenvalue weighted by molar-refractivity contribution is 6.03. The molecule has 0 spiro atoms. The lowest BCUT2D eigenvalue weighted by Gasteiger charge is -2.32. The Bertz CT molecular complexity index is 957. The number of hydrogen-bond acceptors (Lipinski definition) is 4. The van der Waals surface area contributed by atoms with Crippen LogP contribution in [0.15, 0.2) is 47.6 Å². The molecule has 0 fully saturated rings. The van der Waals surface area contributed by atoms with Crippen molar-refractivity contribution in [2.24, 2.45) is 5.10 Å². The van der Waals surface area contributed by atoms with E-state index in [2.05, 4.69) is 5.10 Å². The lowest BCUT2D eigenvalue weighted by Crippen LogP contribution is -2.57. The van der Waals surface area contributed by atoms with Gasteiger partial charge in [0.15, 0.2) is 6.61 Å². The number of hydrazone groups is 1. The summed E-state index contributed by atoms with van der Waals surface area (Å²) >= 11 is 0. The molecule has 9 heteroatoms. The zero-order chi connectivity index (χ0) is 21.4. The third kappa shape index (κ3) is 4.09. The third-order valence-electron chi connectivity index (χ3n) is 4.69. The highest BCUT2D eigenvalue weighted by atomic mass is 19.4. The van der Waals surface area contributed by atoms with Crippen LogP contribution in [0.3, 0.4) is 0 Å². The normalized spacial score (nSPS) is 19.3. The molecule has 0 aliphatic carbocycles. The van der Waals surface area contributed by atoms with Crippen LogP contribution in [-0.4, -0.2) is 40.2 Å². The number of hydrogen-bond donors (Lipinski definition) is 1. The van der Waals surface area contributed by atoms with Crippen molar-refractivity contribution in [1.82, 2.24) is 5.01 Å². The highest BCUT2D eigenvalue weighted by Crippen LogP contribution is 2.41. The topological polar surface area (TPSA) is 62.1 Å². The Morgan fingerprint density at radius 3 is 2.41 bits per heavy atom. The molecule has 2 aromatic rings. The SMILES string of the molecule is Cc1ccc(OCC(=O)N2N=C(c3ccc(F)cc3)C[C@]2(O)C(F)(F)F)cc1C. The van der Waals surface area contributed by atoms with Crippen molar-refractivity contribution in [3.8, 4) is 5.75 Å².